The van der Waals surface area contributed by atoms with E-state index in [4.69, 9.17) is 0 Å². The summed E-state index contributed by atoms with van der Waals surface area (Å²) in [6, 6.07) is 11.3. The molecule has 0 atom stereocenters. The van der Waals surface area contributed by atoms with Crippen molar-refractivity contribution in [3.8, 4) is 10.6 Å². The summed E-state index contributed by atoms with van der Waals surface area (Å²) in [6.07, 6.45) is 3.32. The van der Waals surface area contributed by atoms with Gasteiger partial charge in [0.1, 0.15) is 11.2 Å². The maximum absolute atomic E-state index is 12.8. The fourth-order valence-electron chi connectivity index (χ4n) is 3.18. The number of hydrogen-bond acceptors (Lipinski definition) is 5. The van der Waals surface area contributed by atoms with Crippen LogP contribution in [0.5, 0.6) is 0 Å². The summed E-state index contributed by atoms with van der Waals surface area (Å²) < 4.78 is 1.83. The average Bonchev–Trinajstić information content (AvgIpc) is 3.27. The number of nitrogens with zero attached hydrogens (tertiary/aromatic N) is 3. The SMILES string of the molecule is CCn1cc(C(=O)NCc2ccnc(-c3cccs3)c2)c(=O)c2ccc(C)nc21. The standard InChI is InChI=1S/C22H20N4O2S/c1-3-26-13-17(20(27)16-7-6-14(2)25-21(16)26)22(28)24-12-15-8-9-23-18(11-15)19-5-4-10-29-19/h4-11,13H,3,12H2,1-2H3,(H,24,28). The molecule has 146 valence electrons. The number of pyridine rings is 3. The highest BCUT2D eigenvalue weighted by molar-refractivity contribution is 7.13. The molecule has 0 spiro atoms. The Morgan fingerprint density at radius 2 is 2.10 bits per heavy atom. The third-order valence-corrected chi connectivity index (χ3v) is 5.59. The number of fused-ring (bicyclic) bond motifs is 1. The molecule has 0 radical (unpaired) electrons. The zero-order chi connectivity index (χ0) is 20.4. The lowest BCUT2D eigenvalue weighted by Crippen LogP contribution is -2.29. The largest absolute Gasteiger partial charge is 0.348 e. The van der Waals surface area contributed by atoms with Crippen molar-refractivity contribution < 1.29 is 4.79 Å². The molecule has 1 amide bonds. The second kappa shape index (κ2) is 7.97. The number of carbonyl (C=O) groups is 1. The van der Waals surface area contributed by atoms with E-state index < -0.39 is 5.91 Å². The molecule has 6 nitrogen and oxygen atoms in total. The zero-order valence-corrected chi connectivity index (χ0v) is 17.0. The van der Waals surface area contributed by atoms with E-state index in [1.54, 1.807) is 35.9 Å². The first-order valence-electron chi connectivity index (χ1n) is 9.34. The van der Waals surface area contributed by atoms with E-state index in [2.05, 4.69) is 15.3 Å². The van der Waals surface area contributed by atoms with Crippen LogP contribution in [0.2, 0.25) is 0 Å². The highest BCUT2D eigenvalue weighted by Crippen LogP contribution is 2.23. The van der Waals surface area contributed by atoms with Crippen molar-refractivity contribution >= 4 is 28.3 Å². The highest BCUT2D eigenvalue weighted by atomic mass is 32.1. The van der Waals surface area contributed by atoms with Crippen molar-refractivity contribution in [1.82, 2.24) is 19.9 Å². The zero-order valence-electron chi connectivity index (χ0n) is 16.2. The van der Waals surface area contributed by atoms with Gasteiger partial charge in [-0.25, -0.2) is 4.98 Å². The molecule has 0 bridgehead atoms. The van der Waals surface area contributed by atoms with Crippen LogP contribution in [0.25, 0.3) is 21.6 Å². The molecule has 4 aromatic rings. The van der Waals surface area contributed by atoms with E-state index in [9.17, 15) is 9.59 Å². The normalized spacial score (nSPS) is 11.0. The molecule has 4 heterocycles. The van der Waals surface area contributed by atoms with Gasteiger partial charge in [0.05, 0.1) is 16.0 Å². The Morgan fingerprint density at radius 1 is 1.24 bits per heavy atom. The van der Waals surface area contributed by atoms with Crippen LogP contribution in [0.3, 0.4) is 0 Å². The van der Waals surface area contributed by atoms with Crippen LogP contribution in [0.1, 0.15) is 28.5 Å². The molecular weight excluding hydrogens is 384 g/mol. The van der Waals surface area contributed by atoms with E-state index in [1.807, 2.05) is 48.1 Å². The lowest BCUT2D eigenvalue weighted by molar-refractivity contribution is 0.0949. The number of rotatable bonds is 5. The van der Waals surface area contributed by atoms with Crippen LogP contribution in [-0.4, -0.2) is 20.4 Å². The molecule has 0 unspecified atom stereocenters. The summed E-state index contributed by atoms with van der Waals surface area (Å²) in [4.78, 5) is 35.5. The van der Waals surface area contributed by atoms with Gasteiger partial charge in [0.2, 0.25) is 5.43 Å². The molecule has 0 saturated carbocycles. The monoisotopic (exact) mass is 404 g/mol. The number of aryl methyl sites for hydroxylation is 2. The van der Waals surface area contributed by atoms with Gasteiger partial charge in [-0.1, -0.05) is 6.07 Å². The van der Waals surface area contributed by atoms with Crippen LogP contribution < -0.4 is 10.7 Å². The number of carbonyl (C=O) groups excluding carboxylic acids is 1. The Bertz CT molecular complexity index is 1250. The minimum atomic E-state index is -0.394. The topological polar surface area (TPSA) is 76.9 Å². The number of aromatic nitrogens is 3. The molecule has 0 aromatic carbocycles. The van der Waals surface area contributed by atoms with Gasteiger partial charge >= 0.3 is 0 Å². The second-order valence-corrected chi connectivity index (χ2v) is 7.64. The van der Waals surface area contributed by atoms with Crippen molar-refractivity contribution in [3.05, 3.63) is 81.2 Å². The first-order chi connectivity index (χ1) is 14.1. The van der Waals surface area contributed by atoms with Crippen molar-refractivity contribution in [1.29, 1.82) is 0 Å². The summed E-state index contributed by atoms with van der Waals surface area (Å²) in [5.74, 6) is -0.394. The lowest BCUT2D eigenvalue weighted by atomic mass is 10.1. The van der Waals surface area contributed by atoms with Gasteiger partial charge < -0.3 is 9.88 Å². The Hall–Kier alpha value is -3.32. The minimum absolute atomic E-state index is 0.123. The van der Waals surface area contributed by atoms with Gasteiger partial charge in [0, 0.05) is 31.2 Å². The molecule has 0 saturated heterocycles. The van der Waals surface area contributed by atoms with E-state index >= 15 is 0 Å². The van der Waals surface area contributed by atoms with Gasteiger partial charge in [-0.2, -0.15) is 0 Å². The number of amides is 1. The Morgan fingerprint density at radius 3 is 2.86 bits per heavy atom. The molecule has 0 fully saturated rings. The average molecular weight is 404 g/mol. The molecule has 0 aliphatic carbocycles. The van der Waals surface area contributed by atoms with Gasteiger partial charge in [0.25, 0.3) is 5.91 Å². The maximum Gasteiger partial charge on any atom is 0.257 e. The Labute approximate surface area is 171 Å². The van der Waals surface area contributed by atoms with Crippen LogP contribution in [0, 0.1) is 6.92 Å². The molecule has 4 aromatic heterocycles. The molecule has 0 aliphatic rings. The minimum Gasteiger partial charge on any atom is -0.348 e. The fraction of sp³-hybridized carbons (Fsp3) is 0.182. The predicted octanol–water partition coefficient (Wildman–Crippen LogP) is 3.78. The van der Waals surface area contributed by atoms with E-state index in [0.29, 0.717) is 24.1 Å². The lowest BCUT2D eigenvalue weighted by Gasteiger charge is -2.12. The Kier molecular flexibility index (Phi) is 5.22. The smallest absolute Gasteiger partial charge is 0.257 e. The molecule has 4 rings (SSSR count). The Balaban J connectivity index is 1.60. The molecule has 1 N–H and O–H groups in total. The molecule has 7 heteroatoms. The summed E-state index contributed by atoms with van der Waals surface area (Å²) in [6.45, 7) is 4.76. The third-order valence-electron chi connectivity index (χ3n) is 4.70. The van der Waals surface area contributed by atoms with Gasteiger partial charge in [-0.15, -0.1) is 11.3 Å². The van der Waals surface area contributed by atoms with Gasteiger partial charge in [-0.05, 0) is 55.1 Å². The van der Waals surface area contributed by atoms with Crippen LogP contribution in [-0.2, 0) is 13.1 Å². The van der Waals surface area contributed by atoms with Crippen molar-refractivity contribution in [3.63, 3.8) is 0 Å². The molecular formula is C22H20N4O2S. The second-order valence-electron chi connectivity index (χ2n) is 6.69. The quantitative estimate of drug-likeness (QED) is 0.549. The first-order valence-corrected chi connectivity index (χ1v) is 10.2. The van der Waals surface area contributed by atoms with Gasteiger partial charge in [-0.3, -0.25) is 14.6 Å². The summed E-state index contributed by atoms with van der Waals surface area (Å²) in [7, 11) is 0. The fourth-order valence-corrected chi connectivity index (χ4v) is 3.88. The number of nitrogens with one attached hydrogen (secondary N) is 1. The third kappa shape index (κ3) is 3.82. The van der Waals surface area contributed by atoms with E-state index in [1.165, 1.54) is 0 Å². The highest BCUT2D eigenvalue weighted by Gasteiger charge is 2.16. The van der Waals surface area contributed by atoms with Gasteiger partial charge in [0.15, 0.2) is 0 Å². The summed E-state index contributed by atoms with van der Waals surface area (Å²) >= 11 is 1.61. The number of hydrogen-bond donors (Lipinski definition) is 1. The van der Waals surface area contributed by atoms with Crippen LogP contribution in [0.15, 0.2) is 59.0 Å². The van der Waals surface area contributed by atoms with Crippen molar-refractivity contribution in [2.24, 2.45) is 0 Å². The van der Waals surface area contributed by atoms with Crippen molar-refractivity contribution in [2.45, 2.75) is 26.9 Å². The summed E-state index contributed by atoms with van der Waals surface area (Å²) in [5, 5.41) is 5.31. The molecule has 0 aliphatic heterocycles. The summed E-state index contributed by atoms with van der Waals surface area (Å²) in [5.41, 5.74) is 3.04. The van der Waals surface area contributed by atoms with E-state index in [0.717, 1.165) is 21.8 Å². The van der Waals surface area contributed by atoms with Crippen LogP contribution in [0.4, 0.5) is 0 Å². The van der Waals surface area contributed by atoms with Crippen molar-refractivity contribution in [2.75, 3.05) is 0 Å². The van der Waals surface area contributed by atoms with E-state index in [-0.39, 0.29) is 11.0 Å². The molecule has 29 heavy (non-hydrogen) atoms. The predicted molar refractivity (Wildman–Crippen MR) is 115 cm³/mol. The first kappa shape index (κ1) is 19.0. The van der Waals surface area contributed by atoms with Crippen LogP contribution >= 0.6 is 11.3 Å². The maximum atomic E-state index is 12.8. The number of thiophene rings is 1.